The predicted octanol–water partition coefficient (Wildman–Crippen LogP) is 3.69. The summed E-state index contributed by atoms with van der Waals surface area (Å²) in [5.41, 5.74) is 1.80. The standard InChI is InChI=1S/C21H23ClN2O2/c22-18-10-8-17(9-11-18)21(26)23-13-12-20(25)24-14-4-7-19(24)15-16-5-2-1-3-6-16/h1-3,5-6,8-11,19H,4,7,12-15H2,(H,23,26)/t19-/m1/s1. The molecule has 5 heteroatoms. The average molecular weight is 371 g/mol. The van der Waals surface area contributed by atoms with Gasteiger partial charge in [0.1, 0.15) is 0 Å². The molecule has 1 saturated heterocycles. The molecule has 0 spiro atoms. The summed E-state index contributed by atoms with van der Waals surface area (Å²) in [4.78, 5) is 26.6. The fraction of sp³-hybridized carbons (Fsp3) is 0.333. The van der Waals surface area contributed by atoms with Crippen molar-refractivity contribution in [3.63, 3.8) is 0 Å². The topological polar surface area (TPSA) is 49.4 Å². The monoisotopic (exact) mass is 370 g/mol. The van der Waals surface area contributed by atoms with Crippen LogP contribution in [0, 0.1) is 0 Å². The van der Waals surface area contributed by atoms with Crippen molar-refractivity contribution in [1.29, 1.82) is 0 Å². The van der Waals surface area contributed by atoms with E-state index >= 15 is 0 Å². The lowest BCUT2D eigenvalue weighted by atomic mass is 10.0. The van der Waals surface area contributed by atoms with E-state index in [4.69, 9.17) is 11.6 Å². The van der Waals surface area contributed by atoms with Gasteiger partial charge in [0.15, 0.2) is 0 Å². The van der Waals surface area contributed by atoms with Gasteiger partial charge >= 0.3 is 0 Å². The molecule has 2 aromatic carbocycles. The van der Waals surface area contributed by atoms with Crippen LogP contribution in [0.1, 0.15) is 35.2 Å². The summed E-state index contributed by atoms with van der Waals surface area (Å²) in [6, 6.07) is 17.2. The molecule has 2 aromatic rings. The molecule has 0 bridgehead atoms. The third-order valence-electron chi connectivity index (χ3n) is 4.74. The van der Waals surface area contributed by atoms with Gasteiger partial charge in [0.2, 0.25) is 5.91 Å². The van der Waals surface area contributed by atoms with Crippen molar-refractivity contribution in [2.24, 2.45) is 0 Å². The van der Waals surface area contributed by atoms with Gasteiger partial charge in [-0.15, -0.1) is 0 Å². The summed E-state index contributed by atoms with van der Waals surface area (Å²) in [6.45, 7) is 1.15. The Kier molecular flexibility index (Phi) is 6.29. The number of carbonyl (C=O) groups excluding carboxylic acids is 2. The molecule has 3 rings (SSSR count). The zero-order chi connectivity index (χ0) is 18.4. The first-order valence-corrected chi connectivity index (χ1v) is 9.38. The third-order valence-corrected chi connectivity index (χ3v) is 4.99. The van der Waals surface area contributed by atoms with Gasteiger partial charge < -0.3 is 10.2 Å². The smallest absolute Gasteiger partial charge is 0.251 e. The Hall–Kier alpha value is -2.33. The van der Waals surface area contributed by atoms with Crippen molar-refractivity contribution in [3.05, 3.63) is 70.7 Å². The van der Waals surface area contributed by atoms with Gasteiger partial charge in [0.05, 0.1) is 0 Å². The number of benzene rings is 2. The molecule has 1 heterocycles. The highest BCUT2D eigenvalue weighted by Crippen LogP contribution is 2.22. The Morgan fingerprint density at radius 3 is 2.54 bits per heavy atom. The maximum atomic E-state index is 12.6. The molecular formula is C21H23ClN2O2. The van der Waals surface area contributed by atoms with Gasteiger partial charge in [-0.2, -0.15) is 0 Å². The molecule has 0 aliphatic carbocycles. The molecule has 1 aliphatic rings. The lowest BCUT2D eigenvalue weighted by Crippen LogP contribution is -2.38. The second kappa shape index (κ2) is 8.86. The molecule has 136 valence electrons. The molecule has 4 nitrogen and oxygen atoms in total. The first kappa shape index (κ1) is 18.5. The lowest BCUT2D eigenvalue weighted by Gasteiger charge is -2.25. The van der Waals surface area contributed by atoms with Gasteiger partial charge in [-0.05, 0) is 49.1 Å². The van der Waals surface area contributed by atoms with Crippen molar-refractivity contribution in [1.82, 2.24) is 10.2 Å². The van der Waals surface area contributed by atoms with Crippen LogP contribution in [0.25, 0.3) is 0 Å². The van der Waals surface area contributed by atoms with Crippen molar-refractivity contribution in [2.75, 3.05) is 13.1 Å². The summed E-state index contributed by atoms with van der Waals surface area (Å²) in [6.07, 6.45) is 3.30. The molecule has 1 N–H and O–H groups in total. The number of hydrogen-bond acceptors (Lipinski definition) is 2. The van der Waals surface area contributed by atoms with E-state index in [2.05, 4.69) is 17.4 Å². The Bertz CT molecular complexity index is 746. The molecule has 0 unspecified atom stereocenters. The third kappa shape index (κ3) is 4.85. The van der Waals surface area contributed by atoms with E-state index < -0.39 is 0 Å². The predicted molar refractivity (Wildman–Crippen MR) is 103 cm³/mol. The van der Waals surface area contributed by atoms with Gasteiger partial charge in [0.25, 0.3) is 5.91 Å². The van der Waals surface area contributed by atoms with Crippen molar-refractivity contribution < 1.29 is 9.59 Å². The molecule has 0 aromatic heterocycles. The van der Waals surface area contributed by atoms with Crippen LogP contribution in [-0.2, 0) is 11.2 Å². The van der Waals surface area contributed by atoms with Crippen molar-refractivity contribution >= 4 is 23.4 Å². The first-order valence-electron chi connectivity index (χ1n) is 9.00. The highest BCUT2D eigenvalue weighted by Gasteiger charge is 2.28. The SMILES string of the molecule is O=C(NCCC(=O)N1CCC[C@@H]1Cc1ccccc1)c1ccc(Cl)cc1. The Labute approximate surface area is 159 Å². The van der Waals surface area contributed by atoms with Gasteiger partial charge in [-0.3, -0.25) is 9.59 Å². The van der Waals surface area contributed by atoms with E-state index in [0.717, 1.165) is 25.8 Å². The highest BCUT2D eigenvalue weighted by molar-refractivity contribution is 6.30. The van der Waals surface area contributed by atoms with E-state index in [9.17, 15) is 9.59 Å². The summed E-state index contributed by atoms with van der Waals surface area (Å²) >= 11 is 5.82. The molecule has 1 fully saturated rings. The Morgan fingerprint density at radius 1 is 1.08 bits per heavy atom. The van der Waals surface area contributed by atoms with E-state index in [-0.39, 0.29) is 17.9 Å². The molecular weight excluding hydrogens is 348 g/mol. The zero-order valence-electron chi connectivity index (χ0n) is 14.7. The maximum Gasteiger partial charge on any atom is 0.251 e. The van der Waals surface area contributed by atoms with Gasteiger partial charge in [0, 0.05) is 36.1 Å². The van der Waals surface area contributed by atoms with E-state index in [1.165, 1.54) is 5.56 Å². The largest absolute Gasteiger partial charge is 0.352 e. The minimum atomic E-state index is -0.184. The number of rotatable bonds is 6. The molecule has 0 radical (unpaired) electrons. The number of nitrogens with zero attached hydrogens (tertiary/aromatic N) is 1. The quantitative estimate of drug-likeness (QED) is 0.843. The number of likely N-dealkylation sites (tertiary alicyclic amines) is 1. The number of halogens is 1. The van der Waals surface area contributed by atoms with Crippen LogP contribution in [0.4, 0.5) is 0 Å². The van der Waals surface area contributed by atoms with E-state index in [1.807, 2.05) is 23.1 Å². The minimum absolute atomic E-state index is 0.111. The van der Waals surface area contributed by atoms with Crippen molar-refractivity contribution in [3.8, 4) is 0 Å². The summed E-state index contributed by atoms with van der Waals surface area (Å²) in [5.74, 6) is -0.0726. The zero-order valence-corrected chi connectivity index (χ0v) is 15.4. The summed E-state index contributed by atoms with van der Waals surface area (Å²) in [5, 5.41) is 3.40. The Morgan fingerprint density at radius 2 is 1.81 bits per heavy atom. The number of nitrogens with one attached hydrogen (secondary N) is 1. The minimum Gasteiger partial charge on any atom is -0.352 e. The lowest BCUT2D eigenvalue weighted by molar-refractivity contribution is -0.131. The number of carbonyl (C=O) groups is 2. The van der Waals surface area contributed by atoms with Gasteiger partial charge in [-0.25, -0.2) is 0 Å². The van der Waals surface area contributed by atoms with Crippen LogP contribution < -0.4 is 5.32 Å². The summed E-state index contributed by atoms with van der Waals surface area (Å²) < 4.78 is 0. The second-order valence-electron chi connectivity index (χ2n) is 6.59. The Balaban J connectivity index is 1.48. The van der Waals surface area contributed by atoms with Crippen LogP contribution >= 0.6 is 11.6 Å². The highest BCUT2D eigenvalue weighted by atomic mass is 35.5. The molecule has 1 atom stereocenters. The van der Waals surface area contributed by atoms with Crippen LogP contribution in [0.15, 0.2) is 54.6 Å². The average Bonchev–Trinajstić information content (AvgIpc) is 3.11. The molecule has 1 aliphatic heterocycles. The van der Waals surface area contributed by atoms with E-state index in [0.29, 0.717) is 23.6 Å². The number of hydrogen-bond donors (Lipinski definition) is 1. The van der Waals surface area contributed by atoms with Gasteiger partial charge in [-0.1, -0.05) is 41.9 Å². The molecule has 0 saturated carbocycles. The molecule has 26 heavy (non-hydrogen) atoms. The van der Waals surface area contributed by atoms with Crippen LogP contribution in [0.5, 0.6) is 0 Å². The fourth-order valence-corrected chi connectivity index (χ4v) is 3.52. The first-order chi connectivity index (χ1) is 12.6. The van der Waals surface area contributed by atoms with Crippen LogP contribution in [-0.4, -0.2) is 35.8 Å². The number of amides is 2. The summed E-state index contributed by atoms with van der Waals surface area (Å²) in [7, 11) is 0. The molecule has 2 amide bonds. The van der Waals surface area contributed by atoms with E-state index in [1.54, 1.807) is 24.3 Å². The normalized spacial score (nSPS) is 16.5. The van der Waals surface area contributed by atoms with Crippen LogP contribution in [0.2, 0.25) is 5.02 Å². The fourth-order valence-electron chi connectivity index (χ4n) is 3.39. The maximum absolute atomic E-state index is 12.6. The second-order valence-corrected chi connectivity index (χ2v) is 7.02. The van der Waals surface area contributed by atoms with Crippen molar-refractivity contribution in [2.45, 2.75) is 31.7 Å². The van der Waals surface area contributed by atoms with Crippen LogP contribution in [0.3, 0.4) is 0 Å².